The second-order valence-corrected chi connectivity index (χ2v) is 7.19. The second kappa shape index (κ2) is 6.23. The predicted octanol–water partition coefficient (Wildman–Crippen LogP) is 2.91. The van der Waals surface area contributed by atoms with E-state index in [9.17, 15) is 0 Å². The molecule has 0 atom stereocenters. The van der Waals surface area contributed by atoms with Gasteiger partial charge in [-0.05, 0) is 30.9 Å². The van der Waals surface area contributed by atoms with Gasteiger partial charge in [0, 0.05) is 45.0 Å². The van der Waals surface area contributed by atoms with Crippen molar-refractivity contribution in [3.63, 3.8) is 0 Å². The molecular formula is C17H29N3. The monoisotopic (exact) mass is 275 g/mol. The largest absolute Gasteiger partial charge is 0.298 e. The summed E-state index contributed by atoms with van der Waals surface area (Å²) in [7, 11) is 0. The van der Waals surface area contributed by atoms with E-state index in [4.69, 9.17) is 0 Å². The summed E-state index contributed by atoms with van der Waals surface area (Å²) in [6.45, 7) is 16.9. The minimum absolute atomic E-state index is 0.189. The average molecular weight is 275 g/mol. The first-order valence-corrected chi connectivity index (χ1v) is 7.78. The SMILES string of the molecule is CC(C)N1CCN(Cc2ccc(C(C)(C)C)cn2)CC1. The lowest BCUT2D eigenvalue weighted by Gasteiger charge is -2.36. The zero-order valence-corrected chi connectivity index (χ0v) is 13.7. The molecule has 0 unspecified atom stereocenters. The van der Waals surface area contributed by atoms with Crippen molar-refractivity contribution < 1.29 is 0 Å². The van der Waals surface area contributed by atoms with Crippen molar-refractivity contribution in [1.29, 1.82) is 0 Å². The fraction of sp³-hybridized carbons (Fsp3) is 0.706. The van der Waals surface area contributed by atoms with E-state index in [-0.39, 0.29) is 5.41 Å². The van der Waals surface area contributed by atoms with Gasteiger partial charge in [0.25, 0.3) is 0 Å². The first-order valence-electron chi connectivity index (χ1n) is 7.78. The van der Waals surface area contributed by atoms with Gasteiger partial charge in [0.15, 0.2) is 0 Å². The van der Waals surface area contributed by atoms with E-state index in [1.54, 1.807) is 0 Å². The normalized spacial score (nSPS) is 18.7. The van der Waals surface area contributed by atoms with E-state index in [0.29, 0.717) is 6.04 Å². The molecule has 3 heteroatoms. The predicted molar refractivity (Wildman–Crippen MR) is 84.9 cm³/mol. The van der Waals surface area contributed by atoms with E-state index < -0.39 is 0 Å². The summed E-state index contributed by atoms with van der Waals surface area (Å²) < 4.78 is 0. The molecule has 1 aromatic heterocycles. The Balaban J connectivity index is 1.89. The van der Waals surface area contributed by atoms with Gasteiger partial charge in [0.1, 0.15) is 0 Å². The van der Waals surface area contributed by atoms with Gasteiger partial charge >= 0.3 is 0 Å². The highest BCUT2D eigenvalue weighted by atomic mass is 15.3. The molecule has 3 nitrogen and oxygen atoms in total. The number of hydrogen-bond donors (Lipinski definition) is 0. The Bertz CT molecular complexity index is 409. The number of hydrogen-bond acceptors (Lipinski definition) is 3. The number of aromatic nitrogens is 1. The summed E-state index contributed by atoms with van der Waals surface area (Å²) >= 11 is 0. The topological polar surface area (TPSA) is 19.4 Å². The van der Waals surface area contributed by atoms with E-state index in [1.807, 2.05) is 6.20 Å². The molecule has 1 fully saturated rings. The van der Waals surface area contributed by atoms with Crippen LogP contribution in [0.2, 0.25) is 0 Å². The van der Waals surface area contributed by atoms with Crippen molar-refractivity contribution in [3.05, 3.63) is 29.6 Å². The van der Waals surface area contributed by atoms with Crippen molar-refractivity contribution in [2.45, 2.75) is 52.6 Å². The molecule has 0 saturated carbocycles. The van der Waals surface area contributed by atoms with Gasteiger partial charge in [0.2, 0.25) is 0 Å². The Morgan fingerprint density at radius 2 is 1.75 bits per heavy atom. The van der Waals surface area contributed by atoms with Crippen molar-refractivity contribution >= 4 is 0 Å². The van der Waals surface area contributed by atoms with Crippen molar-refractivity contribution in [1.82, 2.24) is 14.8 Å². The molecule has 0 aliphatic carbocycles. The lowest BCUT2D eigenvalue weighted by Crippen LogP contribution is -2.48. The van der Waals surface area contributed by atoms with Crippen LogP contribution in [-0.2, 0) is 12.0 Å². The molecule has 0 aromatic carbocycles. The lowest BCUT2D eigenvalue weighted by molar-refractivity contribution is 0.103. The Labute approximate surface area is 124 Å². The van der Waals surface area contributed by atoms with Crippen molar-refractivity contribution in [2.24, 2.45) is 0 Å². The highest BCUT2D eigenvalue weighted by Crippen LogP contribution is 2.21. The van der Waals surface area contributed by atoms with Gasteiger partial charge in [-0.3, -0.25) is 14.8 Å². The minimum Gasteiger partial charge on any atom is -0.298 e. The number of rotatable bonds is 3. The first kappa shape index (κ1) is 15.5. The summed E-state index contributed by atoms with van der Waals surface area (Å²) in [6, 6.07) is 5.09. The van der Waals surface area contributed by atoms with Crippen LogP contribution in [0.25, 0.3) is 0 Å². The van der Waals surface area contributed by atoms with E-state index in [0.717, 1.165) is 19.6 Å². The summed E-state index contributed by atoms with van der Waals surface area (Å²) in [5.74, 6) is 0. The third kappa shape index (κ3) is 4.03. The third-order valence-electron chi connectivity index (χ3n) is 4.21. The quantitative estimate of drug-likeness (QED) is 0.845. The van der Waals surface area contributed by atoms with Crippen LogP contribution in [0, 0.1) is 0 Å². The Kier molecular flexibility index (Phi) is 4.82. The smallest absolute Gasteiger partial charge is 0.0544 e. The second-order valence-electron chi connectivity index (χ2n) is 7.19. The van der Waals surface area contributed by atoms with Crippen molar-refractivity contribution in [2.75, 3.05) is 26.2 Å². The van der Waals surface area contributed by atoms with E-state index in [1.165, 1.54) is 24.3 Å². The highest BCUT2D eigenvalue weighted by Gasteiger charge is 2.19. The standard InChI is InChI=1S/C17H29N3/c1-14(2)20-10-8-19(9-11-20)13-16-7-6-15(12-18-16)17(3,4)5/h6-7,12,14H,8-11,13H2,1-5H3. The van der Waals surface area contributed by atoms with Crippen LogP contribution in [0.5, 0.6) is 0 Å². The summed E-state index contributed by atoms with van der Waals surface area (Å²) in [5.41, 5.74) is 2.69. The van der Waals surface area contributed by atoms with E-state index >= 15 is 0 Å². The van der Waals surface area contributed by atoms with Gasteiger partial charge in [-0.1, -0.05) is 26.8 Å². The van der Waals surface area contributed by atoms with Gasteiger partial charge in [-0.25, -0.2) is 0 Å². The van der Waals surface area contributed by atoms with Crippen molar-refractivity contribution in [3.8, 4) is 0 Å². The molecule has 2 heterocycles. The fourth-order valence-corrected chi connectivity index (χ4v) is 2.63. The zero-order valence-electron chi connectivity index (χ0n) is 13.7. The maximum absolute atomic E-state index is 4.64. The number of nitrogens with zero attached hydrogens (tertiary/aromatic N) is 3. The van der Waals surface area contributed by atoms with Crippen LogP contribution in [0.15, 0.2) is 18.3 Å². The van der Waals surface area contributed by atoms with Crippen LogP contribution in [0.1, 0.15) is 45.9 Å². The summed E-state index contributed by atoms with van der Waals surface area (Å²) in [4.78, 5) is 9.70. The molecule has 2 rings (SSSR count). The molecule has 0 radical (unpaired) electrons. The molecule has 1 aliphatic heterocycles. The maximum Gasteiger partial charge on any atom is 0.0544 e. The molecule has 1 saturated heterocycles. The number of pyridine rings is 1. The average Bonchev–Trinajstić information content (AvgIpc) is 2.39. The fourth-order valence-electron chi connectivity index (χ4n) is 2.63. The molecule has 112 valence electrons. The van der Waals surface area contributed by atoms with Gasteiger partial charge < -0.3 is 0 Å². The van der Waals surface area contributed by atoms with Gasteiger partial charge in [0.05, 0.1) is 5.69 Å². The minimum atomic E-state index is 0.189. The lowest BCUT2D eigenvalue weighted by atomic mass is 9.88. The van der Waals surface area contributed by atoms with Crippen LogP contribution in [0.3, 0.4) is 0 Å². The molecule has 20 heavy (non-hydrogen) atoms. The Morgan fingerprint density at radius 1 is 1.10 bits per heavy atom. The van der Waals surface area contributed by atoms with Crippen LogP contribution in [-0.4, -0.2) is 47.0 Å². The van der Waals surface area contributed by atoms with Crippen LogP contribution >= 0.6 is 0 Å². The summed E-state index contributed by atoms with van der Waals surface area (Å²) in [6.07, 6.45) is 2.04. The Morgan fingerprint density at radius 3 is 2.20 bits per heavy atom. The molecule has 1 aliphatic rings. The van der Waals surface area contributed by atoms with Crippen LogP contribution in [0.4, 0.5) is 0 Å². The molecule has 0 spiro atoms. The summed E-state index contributed by atoms with van der Waals surface area (Å²) in [5, 5.41) is 0. The first-order chi connectivity index (χ1) is 9.36. The molecule has 0 N–H and O–H groups in total. The van der Waals surface area contributed by atoms with E-state index in [2.05, 4.69) is 61.5 Å². The third-order valence-corrected chi connectivity index (χ3v) is 4.21. The molecule has 0 bridgehead atoms. The maximum atomic E-state index is 4.64. The molecule has 0 amide bonds. The van der Waals surface area contributed by atoms with Gasteiger partial charge in [-0.2, -0.15) is 0 Å². The number of piperazine rings is 1. The highest BCUT2D eigenvalue weighted by molar-refractivity contribution is 5.21. The van der Waals surface area contributed by atoms with Crippen LogP contribution < -0.4 is 0 Å². The van der Waals surface area contributed by atoms with Gasteiger partial charge in [-0.15, -0.1) is 0 Å². The molecule has 1 aromatic rings. The molecular weight excluding hydrogens is 246 g/mol. The zero-order chi connectivity index (χ0) is 14.8. The Hall–Kier alpha value is -0.930.